The Morgan fingerprint density at radius 2 is 1.59 bits per heavy atom. The van der Waals surface area contributed by atoms with Gasteiger partial charge in [0.05, 0.1) is 32.6 Å². The predicted octanol–water partition coefficient (Wildman–Crippen LogP) is 2.99. The smallest absolute Gasteiger partial charge is 0.331 e. The van der Waals surface area contributed by atoms with E-state index in [1.807, 2.05) is 12.1 Å². The second-order valence-corrected chi connectivity index (χ2v) is 13.3. The number of fused-ring (bicyclic) bond motifs is 2. The summed E-state index contributed by atoms with van der Waals surface area (Å²) >= 11 is 0. The van der Waals surface area contributed by atoms with Crippen LogP contribution in [-0.4, -0.2) is 113 Å². The van der Waals surface area contributed by atoms with Crippen LogP contribution in [0, 0.1) is 0 Å². The van der Waals surface area contributed by atoms with E-state index in [4.69, 9.17) is 28.9 Å². The minimum atomic E-state index is -0.230. The van der Waals surface area contributed by atoms with Crippen LogP contribution in [0.1, 0.15) is 44.6 Å². The van der Waals surface area contributed by atoms with Crippen molar-refractivity contribution in [1.82, 2.24) is 29.0 Å². The van der Waals surface area contributed by atoms with Gasteiger partial charge in [0, 0.05) is 56.9 Å². The van der Waals surface area contributed by atoms with Crippen molar-refractivity contribution < 1.29 is 23.7 Å². The first-order valence-corrected chi connectivity index (χ1v) is 17.7. The number of carbonyl (C=O) groups excluding carboxylic acids is 1. The lowest BCUT2D eigenvalue weighted by Gasteiger charge is -2.31. The van der Waals surface area contributed by atoms with Crippen LogP contribution < -0.4 is 20.6 Å². The zero-order valence-electron chi connectivity index (χ0n) is 27.8. The Hall–Kier alpha value is -4.27. The summed E-state index contributed by atoms with van der Waals surface area (Å²) in [6, 6.07) is 10.5. The van der Waals surface area contributed by atoms with Crippen LogP contribution in [0.25, 0.3) is 21.9 Å². The Bertz CT molecular complexity index is 1840. The van der Waals surface area contributed by atoms with Gasteiger partial charge in [-0.2, -0.15) is 9.97 Å². The average molecular weight is 673 g/mol. The second kappa shape index (κ2) is 14.3. The highest BCUT2D eigenvalue weighted by Crippen LogP contribution is 2.32. The maximum absolute atomic E-state index is 13.9. The van der Waals surface area contributed by atoms with Crippen LogP contribution >= 0.6 is 0 Å². The molecule has 4 aliphatic rings. The van der Waals surface area contributed by atoms with Crippen LogP contribution in [0.15, 0.2) is 41.3 Å². The predicted molar refractivity (Wildman–Crippen MR) is 183 cm³/mol. The molecule has 0 bridgehead atoms. The van der Waals surface area contributed by atoms with Crippen molar-refractivity contribution in [2.24, 2.45) is 0 Å². The summed E-state index contributed by atoms with van der Waals surface area (Å²) in [5.41, 5.74) is 0.894. The number of morpholine rings is 2. The number of rotatable bonds is 8. The van der Waals surface area contributed by atoms with Gasteiger partial charge in [-0.3, -0.25) is 13.9 Å². The quantitative estimate of drug-likeness (QED) is 0.296. The molecule has 0 radical (unpaired) electrons. The largest absolute Gasteiger partial charge is 0.474 e. The van der Waals surface area contributed by atoms with Gasteiger partial charge in [-0.05, 0) is 56.0 Å². The number of anilines is 2. The molecule has 0 atom stereocenters. The van der Waals surface area contributed by atoms with Crippen LogP contribution in [0.2, 0.25) is 0 Å². The molecule has 0 spiro atoms. The van der Waals surface area contributed by atoms with E-state index >= 15 is 0 Å². The minimum Gasteiger partial charge on any atom is -0.474 e. The molecular weight excluding hydrogens is 628 g/mol. The normalized spacial score (nSPS) is 22.4. The third-order valence-electron chi connectivity index (χ3n) is 10.2. The molecule has 1 aliphatic carbocycles. The summed E-state index contributed by atoms with van der Waals surface area (Å²) in [5.74, 6) is 2.00. The molecule has 4 aromatic rings. The van der Waals surface area contributed by atoms with Crippen LogP contribution in [0.5, 0.6) is 5.88 Å². The molecule has 3 aliphatic heterocycles. The molecule has 49 heavy (non-hydrogen) atoms. The molecule has 4 fully saturated rings. The van der Waals surface area contributed by atoms with E-state index in [0.717, 1.165) is 55.4 Å². The van der Waals surface area contributed by atoms with Gasteiger partial charge in [0.1, 0.15) is 24.0 Å². The summed E-state index contributed by atoms with van der Waals surface area (Å²) in [7, 11) is 0. The number of pyridine rings is 1. The molecule has 1 amide bonds. The number of nitrogens with zero attached hydrogens (tertiary/aromatic N) is 7. The van der Waals surface area contributed by atoms with Crippen molar-refractivity contribution in [2.75, 3.05) is 76.0 Å². The van der Waals surface area contributed by atoms with E-state index in [0.29, 0.717) is 88.6 Å². The number of hydrogen-bond donors (Lipinski definition) is 1. The Kier molecular flexibility index (Phi) is 9.33. The molecule has 8 rings (SSSR count). The van der Waals surface area contributed by atoms with Crippen LogP contribution in [-0.2, 0) is 25.5 Å². The zero-order chi connectivity index (χ0) is 33.2. The third-order valence-corrected chi connectivity index (χ3v) is 10.2. The van der Waals surface area contributed by atoms with E-state index in [9.17, 15) is 9.59 Å². The van der Waals surface area contributed by atoms with Crippen molar-refractivity contribution in [1.29, 1.82) is 0 Å². The molecule has 1 saturated carbocycles. The van der Waals surface area contributed by atoms with Crippen molar-refractivity contribution >= 4 is 39.6 Å². The average Bonchev–Trinajstić information content (AvgIpc) is 3.43. The molecule has 14 heteroatoms. The van der Waals surface area contributed by atoms with Gasteiger partial charge in [-0.15, -0.1) is 0 Å². The Morgan fingerprint density at radius 3 is 2.37 bits per heavy atom. The summed E-state index contributed by atoms with van der Waals surface area (Å²) in [5, 5.41) is 5.68. The fourth-order valence-electron chi connectivity index (χ4n) is 7.46. The van der Waals surface area contributed by atoms with Crippen molar-refractivity contribution in [3.05, 3.63) is 47.0 Å². The topological polar surface area (TPSA) is 138 Å². The third kappa shape index (κ3) is 6.81. The molecule has 1 N–H and O–H groups in total. The molecule has 6 heterocycles. The van der Waals surface area contributed by atoms with Gasteiger partial charge in [-0.25, -0.2) is 9.78 Å². The van der Waals surface area contributed by atoms with Crippen LogP contribution in [0.4, 0.5) is 11.8 Å². The van der Waals surface area contributed by atoms with Crippen molar-refractivity contribution in [3.8, 4) is 5.88 Å². The summed E-state index contributed by atoms with van der Waals surface area (Å²) < 4.78 is 26.4. The Balaban J connectivity index is 0.975. The lowest BCUT2D eigenvalue weighted by molar-refractivity contribution is -0.135. The summed E-state index contributed by atoms with van der Waals surface area (Å²) in [6.07, 6.45) is 6.66. The number of amides is 1. The fourth-order valence-corrected chi connectivity index (χ4v) is 7.46. The first-order chi connectivity index (χ1) is 24.1. The maximum Gasteiger partial charge on any atom is 0.331 e. The molecular formula is C35H44N8O6. The van der Waals surface area contributed by atoms with Gasteiger partial charge in [-0.1, -0.05) is 18.2 Å². The van der Waals surface area contributed by atoms with E-state index in [1.54, 1.807) is 15.7 Å². The molecule has 260 valence electrons. The summed E-state index contributed by atoms with van der Waals surface area (Å²) in [4.78, 5) is 45.6. The molecule has 0 unspecified atom stereocenters. The molecule has 14 nitrogen and oxygen atoms in total. The highest BCUT2D eigenvalue weighted by Gasteiger charge is 2.29. The van der Waals surface area contributed by atoms with E-state index in [1.165, 1.54) is 4.57 Å². The van der Waals surface area contributed by atoms with E-state index in [2.05, 4.69) is 33.4 Å². The lowest BCUT2D eigenvalue weighted by atomic mass is 9.93. The van der Waals surface area contributed by atoms with Gasteiger partial charge in [0.25, 0.3) is 0 Å². The number of hydrogen-bond acceptors (Lipinski definition) is 11. The molecule has 1 aromatic carbocycles. The molecule has 3 aromatic heterocycles. The van der Waals surface area contributed by atoms with E-state index in [-0.39, 0.29) is 36.3 Å². The van der Waals surface area contributed by atoms with Gasteiger partial charge in [0.15, 0.2) is 5.65 Å². The first kappa shape index (κ1) is 32.0. The van der Waals surface area contributed by atoms with Crippen molar-refractivity contribution in [2.45, 2.75) is 63.3 Å². The SMILES string of the molecule is O=C(Cn1c(=O)n(C2CCOCC2)c2nc(NC3CCC(Oc4nc(N5CCOCC5)cc5ccccc45)CC3)ncc21)N1CCOCC1. The number of carbonyl (C=O) groups is 1. The van der Waals surface area contributed by atoms with Crippen LogP contribution in [0.3, 0.4) is 0 Å². The van der Waals surface area contributed by atoms with Gasteiger partial charge < -0.3 is 34.1 Å². The highest BCUT2D eigenvalue weighted by atomic mass is 16.5. The highest BCUT2D eigenvalue weighted by molar-refractivity contribution is 5.89. The maximum atomic E-state index is 13.9. The first-order valence-electron chi connectivity index (χ1n) is 17.7. The molecule has 3 saturated heterocycles. The standard InChI is InChI=1S/C35H44N8O6/c44-31(41-13-19-48-20-14-41)23-42-29-22-36-34(39-32(29)43(35(42)45)26-9-15-46-16-10-26)37-25-5-7-27(8-6-25)49-33-28-4-2-1-3-24(28)21-30(38-33)40-11-17-47-18-12-40/h1-4,21-22,25-27H,5-20,23H2,(H,36,37,39). The minimum absolute atomic E-state index is 0.0500. The van der Waals surface area contributed by atoms with E-state index < -0.39 is 0 Å². The van der Waals surface area contributed by atoms with Gasteiger partial charge in [0.2, 0.25) is 17.7 Å². The monoisotopic (exact) mass is 672 g/mol. The number of nitrogens with one attached hydrogen (secondary N) is 1. The number of imidazole rings is 1. The fraction of sp³-hybridized carbons (Fsp3) is 0.571. The second-order valence-electron chi connectivity index (χ2n) is 13.3. The Morgan fingerprint density at radius 1 is 0.878 bits per heavy atom. The summed E-state index contributed by atoms with van der Waals surface area (Å²) in [6.45, 7) is 6.22. The van der Waals surface area contributed by atoms with Gasteiger partial charge >= 0.3 is 5.69 Å². The number of benzene rings is 1. The number of ether oxygens (including phenoxy) is 4. The zero-order valence-corrected chi connectivity index (χ0v) is 27.8. The number of aromatic nitrogens is 5. The lowest BCUT2D eigenvalue weighted by Crippen LogP contribution is -2.43. The Labute approximate surface area is 284 Å². The van der Waals surface area contributed by atoms with Crippen molar-refractivity contribution in [3.63, 3.8) is 0 Å².